The van der Waals surface area contributed by atoms with E-state index >= 15 is 0 Å². The first-order valence-electron chi connectivity index (χ1n) is 10.2. The van der Waals surface area contributed by atoms with Crippen LogP contribution in [0.3, 0.4) is 0 Å². The number of benzene rings is 2. The number of nitrogens with zero attached hydrogens (tertiary/aromatic N) is 3. The zero-order valence-corrected chi connectivity index (χ0v) is 20.7. The molecule has 31 heavy (non-hydrogen) atoms. The third-order valence-electron chi connectivity index (χ3n) is 5.14. The van der Waals surface area contributed by atoms with E-state index in [9.17, 15) is 4.79 Å². The second-order valence-electron chi connectivity index (χ2n) is 7.57. The van der Waals surface area contributed by atoms with Crippen LogP contribution >= 0.6 is 24.0 Å². The van der Waals surface area contributed by atoms with Gasteiger partial charge in [0.25, 0.3) is 0 Å². The molecule has 0 bridgehead atoms. The van der Waals surface area contributed by atoms with Gasteiger partial charge in [0.15, 0.2) is 5.96 Å². The number of hydrogen-bond acceptors (Lipinski definition) is 4. The van der Waals surface area contributed by atoms with E-state index in [4.69, 9.17) is 9.73 Å². The van der Waals surface area contributed by atoms with Crippen molar-refractivity contribution in [1.29, 1.82) is 0 Å². The number of likely N-dealkylation sites (N-methyl/N-ethyl adjacent to an activating group) is 1. The molecule has 1 aliphatic heterocycles. The monoisotopic (exact) mass is 537 g/mol. The summed E-state index contributed by atoms with van der Waals surface area (Å²) in [5.74, 6) is 1.48. The first-order chi connectivity index (χ1) is 14.5. The van der Waals surface area contributed by atoms with E-state index in [1.54, 1.807) is 26.1 Å². The Hall–Kier alpha value is -2.49. The van der Waals surface area contributed by atoms with Gasteiger partial charge >= 0.3 is 0 Å². The van der Waals surface area contributed by atoms with E-state index in [0.717, 1.165) is 30.8 Å². The van der Waals surface area contributed by atoms with Crippen LogP contribution in [0.4, 0.5) is 5.69 Å². The van der Waals surface area contributed by atoms with Crippen molar-refractivity contribution >= 4 is 41.5 Å². The van der Waals surface area contributed by atoms with Crippen LogP contribution in [-0.2, 0) is 11.3 Å². The molecule has 0 aliphatic carbocycles. The third-order valence-corrected chi connectivity index (χ3v) is 5.14. The Labute approximate surface area is 201 Å². The lowest BCUT2D eigenvalue weighted by molar-refractivity contribution is -0.127. The largest absolute Gasteiger partial charge is 0.497 e. The van der Waals surface area contributed by atoms with Crippen molar-refractivity contribution in [3.05, 3.63) is 60.2 Å². The van der Waals surface area contributed by atoms with Crippen LogP contribution in [0.1, 0.15) is 12.0 Å². The van der Waals surface area contributed by atoms with Gasteiger partial charge in [0.2, 0.25) is 5.91 Å². The smallest absolute Gasteiger partial charge is 0.241 e. The van der Waals surface area contributed by atoms with Gasteiger partial charge in [-0.2, -0.15) is 0 Å². The molecule has 3 rings (SSSR count). The summed E-state index contributed by atoms with van der Waals surface area (Å²) in [4.78, 5) is 20.7. The number of carbonyl (C=O) groups is 1. The van der Waals surface area contributed by atoms with Gasteiger partial charge in [0, 0.05) is 38.9 Å². The van der Waals surface area contributed by atoms with Crippen molar-refractivity contribution in [2.45, 2.75) is 19.0 Å². The van der Waals surface area contributed by atoms with Gasteiger partial charge in [-0.1, -0.05) is 30.3 Å². The second kappa shape index (κ2) is 12.4. The summed E-state index contributed by atoms with van der Waals surface area (Å²) in [5, 5.41) is 6.68. The number of aliphatic imine (C=N–C) groups is 1. The zero-order chi connectivity index (χ0) is 21.3. The number of anilines is 1. The molecule has 1 fully saturated rings. The molecule has 7 nitrogen and oxygen atoms in total. The fourth-order valence-corrected chi connectivity index (χ4v) is 3.32. The molecule has 2 aromatic rings. The van der Waals surface area contributed by atoms with Crippen LogP contribution in [0.2, 0.25) is 0 Å². The highest BCUT2D eigenvalue weighted by molar-refractivity contribution is 14.0. The number of amides is 1. The van der Waals surface area contributed by atoms with Crippen LogP contribution in [0, 0.1) is 0 Å². The Morgan fingerprint density at radius 3 is 2.52 bits per heavy atom. The molecule has 1 atom stereocenters. The lowest BCUT2D eigenvalue weighted by Gasteiger charge is -2.21. The van der Waals surface area contributed by atoms with E-state index in [1.807, 2.05) is 30.3 Å². The Morgan fingerprint density at radius 1 is 1.16 bits per heavy atom. The van der Waals surface area contributed by atoms with Crippen molar-refractivity contribution in [1.82, 2.24) is 15.5 Å². The number of guanidine groups is 1. The molecule has 1 heterocycles. The number of rotatable bonds is 7. The van der Waals surface area contributed by atoms with Crippen molar-refractivity contribution in [2.24, 2.45) is 4.99 Å². The summed E-state index contributed by atoms with van der Waals surface area (Å²) in [6.45, 7) is 2.61. The number of ether oxygens (including phenoxy) is 1. The lowest BCUT2D eigenvalue weighted by Crippen LogP contribution is -2.47. The van der Waals surface area contributed by atoms with Crippen molar-refractivity contribution < 1.29 is 9.53 Å². The Balaban J connectivity index is 0.00000341. The molecule has 0 saturated carbocycles. The third kappa shape index (κ3) is 7.61. The minimum absolute atomic E-state index is 0. The van der Waals surface area contributed by atoms with Gasteiger partial charge in [-0.15, -0.1) is 24.0 Å². The fraction of sp³-hybridized carbons (Fsp3) is 0.391. The van der Waals surface area contributed by atoms with E-state index in [-0.39, 0.29) is 42.5 Å². The quantitative estimate of drug-likeness (QED) is 0.323. The van der Waals surface area contributed by atoms with E-state index in [1.165, 1.54) is 5.69 Å². The van der Waals surface area contributed by atoms with Crippen LogP contribution in [0.15, 0.2) is 59.6 Å². The highest BCUT2D eigenvalue weighted by atomic mass is 127. The molecule has 2 aromatic carbocycles. The van der Waals surface area contributed by atoms with Crippen LogP contribution in [-0.4, -0.2) is 63.6 Å². The molecule has 8 heteroatoms. The minimum atomic E-state index is 0. The molecule has 168 valence electrons. The Bertz CT molecular complexity index is 843. The SMILES string of the molecule is COc1ccc(CN=C(NCC(=O)N(C)C)NC2CCN(c3ccccc3)C2)cc1.I. The summed E-state index contributed by atoms with van der Waals surface area (Å²) < 4.78 is 5.21. The first-order valence-corrected chi connectivity index (χ1v) is 10.2. The number of nitrogens with one attached hydrogen (secondary N) is 2. The number of hydrogen-bond donors (Lipinski definition) is 2. The summed E-state index contributed by atoms with van der Waals surface area (Å²) in [5.41, 5.74) is 2.31. The molecular formula is C23H32IN5O2. The Kier molecular flexibility index (Phi) is 9.90. The van der Waals surface area contributed by atoms with Crippen molar-refractivity contribution in [3.8, 4) is 5.75 Å². The maximum absolute atomic E-state index is 12.0. The molecule has 1 saturated heterocycles. The van der Waals surface area contributed by atoms with Crippen molar-refractivity contribution in [3.63, 3.8) is 0 Å². The molecule has 0 aromatic heterocycles. The highest BCUT2D eigenvalue weighted by Gasteiger charge is 2.23. The predicted octanol–water partition coefficient (Wildman–Crippen LogP) is 2.72. The summed E-state index contributed by atoms with van der Waals surface area (Å²) >= 11 is 0. The highest BCUT2D eigenvalue weighted by Crippen LogP contribution is 2.19. The van der Waals surface area contributed by atoms with Crippen LogP contribution < -0.4 is 20.3 Å². The van der Waals surface area contributed by atoms with Gasteiger partial charge in [0.1, 0.15) is 5.75 Å². The molecule has 1 aliphatic rings. The van der Waals surface area contributed by atoms with Crippen molar-refractivity contribution in [2.75, 3.05) is 45.7 Å². The van der Waals surface area contributed by atoms with Gasteiger partial charge in [-0.05, 0) is 36.2 Å². The minimum Gasteiger partial charge on any atom is -0.497 e. The predicted molar refractivity (Wildman–Crippen MR) is 136 cm³/mol. The van der Waals surface area contributed by atoms with Gasteiger partial charge < -0.3 is 25.2 Å². The van der Waals surface area contributed by atoms with Gasteiger partial charge in [0.05, 0.1) is 20.2 Å². The fourth-order valence-electron chi connectivity index (χ4n) is 3.32. The van der Waals surface area contributed by atoms with Gasteiger partial charge in [-0.3, -0.25) is 4.79 Å². The molecular weight excluding hydrogens is 505 g/mol. The molecule has 2 N–H and O–H groups in total. The number of carbonyl (C=O) groups excluding carboxylic acids is 1. The molecule has 0 spiro atoms. The number of methoxy groups -OCH3 is 1. The summed E-state index contributed by atoms with van der Waals surface area (Å²) in [7, 11) is 5.15. The Morgan fingerprint density at radius 2 is 1.87 bits per heavy atom. The summed E-state index contributed by atoms with van der Waals surface area (Å²) in [6.07, 6.45) is 1.01. The average Bonchev–Trinajstić information content (AvgIpc) is 3.24. The first kappa shape index (κ1) is 24.8. The van der Waals surface area contributed by atoms with E-state index in [0.29, 0.717) is 12.5 Å². The molecule has 1 amide bonds. The maximum atomic E-state index is 12.0. The maximum Gasteiger partial charge on any atom is 0.241 e. The van der Waals surface area contributed by atoms with Crippen LogP contribution in [0.5, 0.6) is 5.75 Å². The standard InChI is InChI=1S/C23H31N5O2.HI/c1-27(2)22(29)16-25-23(24-15-18-9-11-21(30-3)12-10-18)26-19-13-14-28(17-19)20-7-5-4-6-8-20;/h4-12,19H,13-17H2,1-3H3,(H2,24,25,26);1H. The van der Waals surface area contributed by atoms with E-state index in [2.05, 4.69) is 39.8 Å². The molecule has 1 unspecified atom stereocenters. The number of halogens is 1. The second-order valence-corrected chi connectivity index (χ2v) is 7.57. The normalized spacial score (nSPS) is 15.8. The summed E-state index contributed by atoms with van der Waals surface area (Å²) in [6, 6.07) is 18.5. The van der Waals surface area contributed by atoms with Gasteiger partial charge in [-0.25, -0.2) is 4.99 Å². The lowest BCUT2D eigenvalue weighted by atomic mass is 10.2. The topological polar surface area (TPSA) is 69.2 Å². The zero-order valence-electron chi connectivity index (χ0n) is 18.4. The molecule has 0 radical (unpaired) electrons. The van der Waals surface area contributed by atoms with Crippen LogP contribution in [0.25, 0.3) is 0 Å². The number of para-hydroxylation sites is 1. The average molecular weight is 537 g/mol. The van der Waals surface area contributed by atoms with E-state index < -0.39 is 0 Å².